The quantitative estimate of drug-likeness (QED) is 0.899. The van der Waals surface area contributed by atoms with Gasteiger partial charge in [0, 0.05) is 0 Å². The number of ether oxygens (including phenoxy) is 1. The minimum Gasteiger partial charge on any atom is -0.457 e. The highest BCUT2D eigenvalue weighted by atomic mass is 16.5. The van der Waals surface area contributed by atoms with Gasteiger partial charge in [0.1, 0.15) is 11.5 Å². The number of benzene rings is 2. The summed E-state index contributed by atoms with van der Waals surface area (Å²) in [4.78, 5) is 0. The predicted octanol–water partition coefficient (Wildman–Crippen LogP) is 3.91. The summed E-state index contributed by atoms with van der Waals surface area (Å²) in [7, 11) is 0. The van der Waals surface area contributed by atoms with Crippen molar-refractivity contribution in [1.29, 1.82) is 0 Å². The molecule has 0 heterocycles. The van der Waals surface area contributed by atoms with Crippen LogP contribution >= 0.6 is 0 Å². The van der Waals surface area contributed by atoms with Gasteiger partial charge in [0.05, 0.1) is 0 Å². The monoisotopic (exact) mass is 255 g/mol. The Balaban J connectivity index is 2.28. The number of hydrogen-bond donors (Lipinski definition) is 1. The van der Waals surface area contributed by atoms with Crippen LogP contribution in [0.1, 0.15) is 22.3 Å². The molecule has 2 N–H and O–H groups in total. The molecule has 0 aliphatic heterocycles. The average molecular weight is 255 g/mol. The van der Waals surface area contributed by atoms with Gasteiger partial charge >= 0.3 is 0 Å². The number of rotatable bonds is 4. The topological polar surface area (TPSA) is 35.2 Å². The zero-order valence-corrected chi connectivity index (χ0v) is 11.9. The van der Waals surface area contributed by atoms with Crippen molar-refractivity contribution in [2.24, 2.45) is 5.73 Å². The van der Waals surface area contributed by atoms with Crippen molar-refractivity contribution < 1.29 is 4.74 Å². The van der Waals surface area contributed by atoms with Gasteiger partial charge in [0.15, 0.2) is 0 Å². The Labute approximate surface area is 115 Å². The summed E-state index contributed by atoms with van der Waals surface area (Å²) < 4.78 is 6.02. The van der Waals surface area contributed by atoms with E-state index in [-0.39, 0.29) is 0 Å². The predicted molar refractivity (Wildman–Crippen MR) is 79.9 cm³/mol. The van der Waals surface area contributed by atoms with E-state index in [4.69, 9.17) is 10.5 Å². The molecule has 2 rings (SSSR count). The van der Waals surface area contributed by atoms with Crippen LogP contribution in [-0.4, -0.2) is 6.54 Å². The standard InChI is InChI=1S/C17H21NO/c1-12-9-13(2)14(3)17(10-12)19-16-6-4-5-15(11-16)7-8-18/h4-6,9-11H,7-8,18H2,1-3H3. The summed E-state index contributed by atoms with van der Waals surface area (Å²) in [6.07, 6.45) is 0.878. The van der Waals surface area contributed by atoms with Crippen molar-refractivity contribution in [2.45, 2.75) is 27.2 Å². The lowest BCUT2D eigenvalue weighted by atomic mass is 10.1. The summed E-state index contributed by atoms with van der Waals surface area (Å²) in [6, 6.07) is 12.4. The van der Waals surface area contributed by atoms with Crippen LogP contribution in [0.4, 0.5) is 0 Å². The molecular formula is C17H21NO. The van der Waals surface area contributed by atoms with Gasteiger partial charge in [-0.15, -0.1) is 0 Å². The van der Waals surface area contributed by atoms with Crippen molar-refractivity contribution in [3.05, 3.63) is 58.7 Å². The Kier molecular flexibility index (Phi) is 4.23. The van der Waals surface area contributed by atoms with Crippen molar-refractivity contribution >= 4 is 0 Å². The van der Waals surface area contributed by atoms with Gasteiger partial charge in [-0.3, -0.25) is 0 Å². The summed E-state index contributed by atoms with van der Waals surface area (Å²) in [6.45, 7) is 6.95. The molecule has 0 atom stereocenters. The molecule has 0 radical (unpaired) electrons. The van der Waals surface area contributed by atoms with Gasteiger partial charge < -0.3 is 10.5 Å². The highest BCUT2D eigenvalue weighted by molar-refractivity contribution is 5.44. The summed E-state index contributed by atoms with van der Waals surface area (Å²) >= 11 is 0. The Morgan fingerprint density at radius 3 is 2.58 bits per heavy atom. The maximum absolute atomic E-state index is 6.02. The number of aryl methyl sites for hydroxylation is 2. The van der Waals surface area contributed by atoms with Crippen LogP contribution in [0.5, 0.6) is 11.5 Å². The minimum absolute atomic E-state index is 0.659. The van der Waals surface area contributed by atoms with Gasteiger partial charge in [0.2, 0.25) is 0 Å². The second-order valence-electron chi connectivity index (χ2n) is 4.99. The van der Waals surface area contributed by atoms with Crippen molar-refractivity contribution in [3.63, 3.8) is 0 Å². The Morgan fingerprint density at radius 2 is 1.84 bits per heavy atom. The van der Waals surface area contributed by atoms with E-state index in [1.165, 1.54) is 22.3 Å². The molecule has 0 spiro atoms. The fourth-order valence-electron chi connectivity index (χ4n) is 2.16. The zero-order chi connectivity index (χ0) is 13.8. The molecule has 0 unspecified atom stereocenters. The van der Waals surface area contributed by atoms with E-state index in [1.807, 2.05) is 12.1 Å². The molecule has 0 aliphatic rings. The van der Waals surface area contributed by atoms with Gasteiger partial charge in [-0.05, 0) is 74.2 Å². The Bertz CT molecular complexity index is 575. The third-order valence-electron chi connectivity index (χ3n) is 3.32. The third-order valence-corrected chi connectivity index (χ3v) is 3.32. The smallest absolute Gasteiger partial charge is 0.130 e. The van der Waals surface area contributed by atoms with Crippen LogP contribution in [0.2, 0.25) is 0 Å². The van der Waals surface area contributed by atoms with E-state index in [2.05, 4.69) is 45.0 Å². The van der Waals surface area contributed by atoms with Crippen LogP contribution in [0, 0.1) is 20.8 Å². The summed E-state index contributed by atoms with van der Waals surface area (Å²) in [5, 5.41) is 0. The van der Waals surface area contributed by atoms with E-state index in [0.29, 0.717) is 6.54 Å². The Morgan fingerprint density at radius 1 is 1.05 bits per heavy atom. The molecule has 100 valence electrons. The molecule has 19 heavy (non-hydrogen) atoms. The van der Waals surface area contributed by atoms with Gasteiger partial charge in [0.25, 0.3) is 0 Å². The second kappa shape index (κ2) is 5.89. The summed E-state index contributed by atoms with van der Waals surface area (Å²) in [5.74, 6) is 1.81. The average Bonchev–Trinajstić information content (AvgIpc) is 2.36. The molecule has 2 aromatic rings. The molecule has 0 amide bonds. The SMILES string of the molecule is Cc1cc(C)c(C)c(Oc2cccc(CCN)c2)c1. The van der Waals surface area contributed by atoms with Crippen LogP contribution in [0.25, 0.3) is 0 Å². The zero-order valence-electron chi connectivity index (χ0n) is 11.9. The molecule has 0 saturated carbocycles. The maximum atomic E-state index is 6.02. The molecule has 0 bridgehead atoms. The minimum atomic E-state index is 0.659. The molecular weight excluding hydrogens is 234 g/mol. The van der Waals surface area contributed by atoms with E-state index in [0.717, 1.165) is 17.9 Å². The first-order chi connectivity index (χ1) is 9.10. The first kappa shape index (κ1) is 13.6. The van der Waals surface area contributed by atoms with Crippen LogP contribution in [0.3, 0.4) is 0 Å². The lowest BCUT2D eigenvalue weighted by molar-refractivity contribution is 0.477. The van der Waals surface area contributed by atoms with Crippen molar-refractivity contribution in [1.82, 2.24) is 0 Å². The van der Waals surface area contributed by atoms with E-state index < -0.39 is 0 Å². The van der Waals surface area contributed by atoms with Gasteiger partial charge in [-0.1, -0.05) is 18.2 Å². The fraction of sp³-hybridized carbons (Fsp3) is 0.294. The normalized spacial score (nSPS) is 10.5. The summed E-state index contributed by atoms with van der Waals surface area (Å²) in [5.41, 5.74) is 10.5. The third kappa shape index (κ3) is 3.36. The van der Waals surface area contributed by atoms with Crippen LogP contribution < -0.4 is 10.5 Å². The molecule has 2 nitrogen and oxygen atoms in total. The lowest BCUT2D eigenvalue weighted by Crippen LogP contribution is -2.02. The molecule has 0 fully saturated rings. The number of hydrogen-bond acceptors (Lipinski definition) is 2. The fourth-order valence-corrected chi connectivity index (χ4v) is 2.16. The first-order valence-corrected chi connectivity index (χ1v) is 6.65. The highest BCUT2D eigenvalue weighted by Crippen LogP contribution is 2.28. The molecule has 2 aromatic carbocycles. The maximum Gasteiger partial charge on any atom is 0.130 e. The van der Waals surface area contributed by atoms with Gasteiger partial charge in [-0.25, -0.2) is 0 Å². The largest absolute Gasteiger partial charge is 0.457 e. The highest BCUT2D eigenvalue weighted by Gasteiger charge is 2.05. The van der Waals surface area contributed by atoms with E-state index in [1.54, 1.807) is 0 Å². The van der Waals surface area contributed by atoms with Crippen LogP contribution in [-0.2, 0) is 6.42 Å². The number of nitrogens with two attached hydrogens (primary N) is 1. The molecule has 0 saturated heterocycles. The second-order valence-corrected chi connectivity index (χ2v) is 4.99. The van der Waals surface area contributed by atoms with Crippen molar-refractivity contribution in [2.75, 3.05) is 6.54 Å². The molecule has 2 heteroatoms. The van der Waals surface area contributed by atoms with E-state index in [9.17, 15) is 0 Å². The lowest BCUT2D eigenvalue weighted by Gasteiger charge is -2.12. The van der Waals surface area contributed by atoms with Crippen LogP contribution in [0.15, 0.2) is 36.4 Å². The first-order valence-electron chi connectivity index (χ1n) is 6.65. The molecule has 0 aliphatic carbocycles. The Hall–Kier alpha value is -1.80. The van der Waals surface area contributed by atoms with Gasteiger partial charge in [-0.2, -0.15) is 0 Å². The van der Waals surface area contributed by atoms with Crippen molar-refractivity contribution in [3.8, 4) is 11.5 Å². The molecule has 0 aromatic heterocycles. The van der Waals surface area contributed by atoms with E-state index >= 15 is 0 Å².